The molecule has 0 aliphatic carbocycles. The van der Waals surface area contributed by atoms with Gasteiger partial charge in [0, 0.05) is 19.6 Å². The molecule has 0 aliphatic heterocycles. The summed E-state index contributed by atoms with van der Waals surface area (Å²) in [4.78, 5) is 12.4. The minimum atomic E-state index is -3.60. The molecule has 0 aromatic heterocycles. The maximum atomic E-state index is 11.8. The fraction of sp³-hybridized carbons (Fsp3) is 0.900. The lowest BCUT2D eigenvalue weighted by Crippen LogP contribution is -2.44. The second-order valence-corrected chi connectivity index (χ2v) is 6.39. The Hall–Kier alpha value is -0.700. The predicted octanol–water partition coefficient (Wildman–Crippen LogP) is -0.432. The van der Waals surface area contributed by atoms with Gasteiger partial charge in [-0.05, 0) is 34.0 Å². The van der Waals surface area contributed by atoms with E-state index in [2.05, 4.69) is 4.72 Å². The largest absolute Gasteiger partial charge is 0.481 e. The first-order valence-corrected chi connectivity index (χ1v) is 7.19. The average molecular weight is 281 g/mol. The molecular formula is C10H23N3O4S. The molecule has 18 heavy (non-hydrogen) atoms. The molecule has 108 valence electrons. The molecule has 0 aromatic carbocycles. The Morgan fingerprint density at radius 3 is 2.28 bits per heavy atom. The number of nitrogens with zero attached hydrogens (tertiary/aromatic N) is 2. The highest BCUT2D eigenvalue weighted by Crippen LogP contribution is 2.00. The van der Waals surface area contributed by atoms with Crippen LogP contribution in [-0.4, -0.2) is 69.0 Å². The fourth-order valence-corrected chi connectivity index (χ4v) is 2.37. The van der Waals surface area contributed by atoms with Crippen molar-refractivity contribution in [1.82, 2.24) is 13.9 Å². The number of hydrogen-bond donors (Lipinski definition) is 2. The lowest BCUT2D eigenvalue weighted by molar-refractivity contribution is -0.137. The van der Waals surface area contributed by atoms with Crippen LogP contribution in [0.15, 0.2) is 0 Å². The SMILES string of the molecule is CC(CCN(C)C)NS(=O)(=O)N(C)CCC(=O)O. The van der Waals surface area contributed by atoms with Crippen LogP contribution < -0.4 is 4.72 Å². The standard InChI is InChI=1S/C10H23N3O4S/c1-9(5-7-12(2)3)11-18(16,17)13(4)8-6-10(14)15/h9,11H,5-8H2,1-4H3,(H,14,15). The van der Waals surface area contributed by atoms with Crippen molar-refractivity contribution < 1.29 is 18.3 Å². The second kappa shape index (κ2) is 7.67. The Labute approximate surface area is 109 Å². The molecule has 7 nitrogen and oxygen atoms in total. The first kappa shape index (κ1) is 17.3. The van der Waals surface area contributed by atoms with Crippen molar-refractivity contribution in [3.8, 4) is 0 Å². The van der Waals surface area contributed by atoms with Crippen molar-refractivity contribution in [3.05, 3.63) is 0 Å². The van der Waals surface area contributed by atoms with Gasteiger partial charge in [0.25, 0.3) is 10.2 Å². The molecule has 0 amide bonds. The third-order valence-electron chi connectivity index (χ3n) is 2.41. The molecule has 1 atom stereocenters. The smallest absolute Gasteiger partial charge is 0.304 e. The molecule has 1 unspecified atom stereocenters. The van der Waals surface area contributed by atoms with Crippen LogP contribution in [0.25, 0.3) is 0 Å². The summed E-state index contributed by atoms with van der Waals surface area (Å²) in [7, 11) is 1.60. The van der Waals surface area contributed by atoms with Crippen molar-refractivity contribution in [3.63, 3.8) is 0 Å². The van der Waals surface area contributed by atoms with Crippen LogP contribution in [0.1, 0.15) is 19.8 Å². The van der Waals surface area contributed by atoms with E-state index in [1.54, 1.807) is 6.92 Å². The predicted molar refractivity (Wildman–Crippen MR) is 69.6 cm³/mol. The summed E-state index contributed by atoms with van der Waals surface area (Å²) in [6, 6.07) is -0.190. The number of nitrogens with one attached hydrogen (secondary N) is 1. The van der Waals surface area contributed by atoms with Crippen molar-refractivity contribution in [2.45, 2.75) is 25.8 Å². The first-order chi connectivity index (χ1) is 8.15. The van der Waals surface area contributed by atoms with E-state index in [1.165, 1.54) is 7.05 Å². The minimum Gasteiger partial charge on any atom is -0.481 e. The lowest BCUT2D eigenvalue weighted by atomic mass is 10.2. The molecule has 0 bridgehead atoms. The Balaban J connectivity index is 4.24. The highest BCUT2D eigenvalue weighted by molar-refractivity contribution is 7.87. The van der Waals surface area contributed by atoms with E-state index in [9.17, 15) is 13.2 Å². The fourth-order valence-electron chi connectivity index (χ4n) is 1.23. The van der Waals surface area contributed by atoms with Crippen LogP contribution in [0, 0.1) is 0 Å². The molecule has 0 spiro atoms. The number of aliphatic carboxylic acids is 1. The van der Waals surface area contributed by atoms with Gasteiger partial charge in [0.05, 0.1) is 6.42 Å². The van der Waals surface area contributed by atoms with Gasteiger partial charge in [0.2, 0.25) is 0 Å². The summed E-state index contributed by atoms with van der Waals surface area (Å²) in [6.45, 7) is 2.53. The average Bonchev–Trinajstić information content (AvgIpc) is 2.22. The van der Waals surface area contributed by atoms with Gasteiger partial charge in [0.15, 0.2) is 0 Å². The third kappa shape index (κ3) is 7.59. The summed E-state index contributed by atoms with van der Waals surface area (Å²) in [6.07, 6.45) is 0.489. The minimum absolute atomic E-state index is 0.0366. The molecule has 0 fully saturated rings. The lowest BCUT2D eigenvalue weighted by Gasteiger charge is -2.21. The van der Waals surface area contributed by atoms with Crippen molar-refractivity contribution >= 4 is 16.2 Å². The van der Waals surface area contributed by atoms with Gasteiger partial charge in [-0.15, -0.1) is 0 Å². The molecule has 0 saturated heterocycles. The zero-order valence-electron chi connectivity index (χ0n) is 11.4. The van der Waals surface area contributed by atoms with Gasteiger partial charge in [0.1, 0.15) is 0 Å². The Kier molecular flexibility index (Phi) is 7.37. The number of carbonyl (C=O) groups is 1. The number of rotatable bonds is 9. The Morgan fingerprint density at radius 2 is 1.83 bits per heavy atom. The molecule has 8 heteroatoms. The quantitative estimate of drug-likeness (QED) is 0.598. The van der Waals surface area contributed by atoms with Crippen LogP contribution >= 0.6 is 0 Å². The van der Waals surface area contributed by atoms with E-state index in [4.69, 9.17) is 5.11 Å². The van der Waals surface area contributed by atoms with Crippen LogP contribution in [0.3, 0.4) is 0 Å². The van der Waals surface area contributed by atoms with E-state index in [1.807, 2.05) is 19.0 Å². The molecule has 0 rings (SSSR count). The topological polar surface area (TPSA) is 90.0 Å². The van der Waals surface area contributed by atoms with Crippen molar-refractivity contribution in [1.29, 1.82) is 0 Å². The van der Waals surface area contributed by atoms with E-state index < -0.39 is 16.2 Å². The van der Waals surface area contributed by atoms with E-state index in [0.29, 0.717) is 6.42 Å². The molecule has 0 heterocycles. The molecule has 0 radical (unpaired) electrons. The molecule has 2 N–H and O–H groups in total. The van der Waals surface area contributed by atoms with Crippen LogP contribution in [0.4, 0.5) is 0 Å². The highest BCUT2D eigenvalue weighted by Gasteiger charge is 2.20. The molecular weight excluding hydrogens is 258 g/mol. The van der Waals surface area contributed by atoms with Crippen molar-refractivity contribution in [2.75, 3.05) is 34.2 Å². The summed E-state index contributed by atoms with van der Waals surface area (Å²) in [5.41, 5.74) is 0. The van der Waals surface area contributed by atoms with Crippen LogP contribution in [0.5, 0.6) is 0 Å². The van der Waals surface area contributed by atoms with Gasteiger partial charge in [-0.2, -0.15) is 17.4 Å². The van der Waals surface area contributed by atoms with E-state index >= 15 is 0 Å². The van der Waals surface area contributed by atoms with Crippen molar-refractivity contribution in [2.24, 2.45) is 0 Å². The number of carboxylic acid groups (broad SMARTS) is 1. The highest BCUT2D eigenvalue weighted by atomic mass is 32.2. The van der Waals surface area contributed by atoms with E-state index in [0.717, 1.165) is 10.8 Å². The second-order valence-electron chi connectivity index (χ2n) is 4.58. The third-order valence-corrected chi connectivity index (χ3v) is 4.11. The maximum Gasteiger partial charge on any atom is 0.304 e. The Morgan fingerprint density at radius 1 is 1.28 bits per heavy atom. The number of hydrogen-bond acceptors (Lipinski definition) is 4. The van der Waals surface area contributed by atoms with Gasteiger partial charge in [-0.1, -0.05) is 0 Å². The summed E-state index contributed by atoms with van der Waals surface area (Å²) < 4.78 is 27.1. The summed E-state index contributed by atoms with van der Waals surface area (Å²) in [5.74, 6) is -1.02. The first-order valence-electron chi connectivity index (χ1n) is 5.75. The molecule has 0 saturated carbocycles. The summed E-state index contributed by atoms with van der Waals surface area (Å²) in [5, 5.41) is 8.51. The number of carboxylic acids is 1. The summed E-state index contributed by atoms with van der Waals surface area (Å²) >= 11 is 0. The maximum absolute atomic E-state index is 11.8. The zero-order chi connectivity index (χ0) is 14.3. The van der Waals surface area contributed by atoms with Gasteiger partial charge >= 0.3 is 5.97 Å². The van der Waals surface area contributed by atoms with Gasteiger partial charge in [-0.25, -0.2) is 0 Å². The normalized spacial score (nSPS) is 14.1. The van der Waals surface area contributed by atoms with E-state index in [-0.39, 0.29) is 19.0 Å². The molecule has 0 aliphatic rings. The van der Waals surface area contributed by atoms with Crippen LogP contribution in [-0.2, 0) is 15.0 Å². The van der Waals surface area contributed by atoms with Gasteiger partial charge < -0.3 is 10.0 Å². The zero-order valence-corrected chi connectivity index (χ0v) is 12.2. The molecule has 0 aromatic rings. The van der Waals surface area contributed by atoms with Gasteiger partial charge in [-0.3, -0.25) is 4.79 Å². The van der Waals surface area contributed by atoms with Crippen LogP contribution in [0.2, 0.25) is 0 Å². The monoisotopic (exact) mass is 281 g/mol. The Bertz CT molecular complexity index is 356.